The molecule has 0 spiro atoms. The van der Waals surface area contributed by atoms with Gasteiger partial charge in [0.2, 0.25) is 0 Å². The van der Waals surface area contributed by atoms with E-state index in [4.69, 9.17) is 10.5 Å². The number of likely N-dealkylation sites (N-methyl/N-ethyl adjacent to an activating group) is 1. The number of nitrogens with zero attached hydrogens (tertiary/aromatic N) is 1. The van der Waals surface area contributed by atoms with Crippen LogP contribution in [0.15, 0.2) is 54.6 Å². The molecule has 0 aliphatic carbocycles. The van der Waals surface area contributed by atoms with E-state index in [1.54, 1.807) is 6.07 Å². The fourth-order valence-corrected chi connectivity index (χ4v) is 2.23. The van der Waals surface area contributed by atoms with Gasteiger partial charge in [0.15, 0.2) is 0 Å². The first-order chi connectivity index (χ1) is 11.6. The Labute approximate surface area is 143 Å². The number of carbonyl (C=O) groups is 1. The molecule has 2 aromatic carbocycles. The molecule has 2 aromatic rings. The molecular formula is C19H25N3O2. The van der Waals surface area contributed by atoms with Crippen LogP contribution in [-0.2, 0) is 0 Å². The van der Waals surface area contributed by atoms with Crippen molar-refractivity contribution in [3.05, 3.63) is 65.7 Å². The van der Waals surface area contributed by atoms with Crippen molar-refractivity contribution in [2.24, 2.45) is 5.73 Å². The lowest BCUT2D eigenvalue weighted by atomic mass is 10.1. The number of hydrogen-bond acceptors (Lipinski definition) is 4. The lowest BCUT2D eigenvalue weighted by Gasteiger charge is -2.16. The fraction of sp³-hybridized carbons (Fsp3) is 0.316. The number of benzene rings is 2. The Morgan fingerprint density at radius 3 is 2.50 bits per heavy atom. The summed E-state index contributed by atoms with van der Waals surface area (Å²) in [6.07, 6.45) is 0. The van der Waals surface area contributed by atoms with Crippen molar-refractivity contribution in [1.29, 1.82) is 0 Å². The second-order valence-corrected chi connectivity index (χ2v) is 5.88. The summed E-state index contributed by atoms with van der Waals surface area (Å²) in [6, 6.07) is 16.7. The number of hydrogen-bond donors (Lipinski definition) is 2. The Morgan fingerprint density at radius 2 is 1.79 bits per heavy atom. The summed E-state index contributed by atoms with van der Waals surface area (Å²) in [6.45, 7) is 1.69. The summed E-state index contributed by atoms with van der Waals surface area (Å²) in [5.74, 6) is 0.409. The van der Waals surface area contributed by atoms with Gasteiger partial charge in [0, 0.05) is 19.1 Å². The van der Waals surface area contributed by atoms with Gasteiger partial charge in [0.05, 0.1) is 5.56 Å². The van der Waals surface area contributed by atoms with Crippen molar-refractivity contribution >= 4 is 5.91 Å². The average molecular weight is 327 g/mol. The second-order valence-electron chi connectivity index (χ2n) is 5.88. The lowest BCUT2D eigenvalue weighted by molar-refractivity contribution is 0.0946. The highest BCUT2D eigenvalue weighted by molar-refractivity contribution is 5.96. The van der Waals surface area contributed by atoms with Crippen LogP contribution in [0.4, 0.5) is 0 Å². The van der Waals surface area contributed by atoms with Crippen molar-refractivity contribution in [3.63, 3.8) is 0 Å². The van der Waals surface area contributed by atoms with Crippen LogP contribution in [0, 0.1) is 0 Å². The Bertz CT molecular complexity index is 644. The predicted octanol–water partition coefficient (Wildman–Crippen LogP) is 2.06. The van der Waals surface area contributed by atoms with Gasteiger partial charge in [-0.05, 0) is 31.8 Å². The standard InChI is InChI=1S/C19H25N3O2/c1-22(2)12-13-24-18-11-7-6-10-16(18)19(23)21-14-17(20)15-8-4-3-5-9-15/h3-11,17H,12-14,20H2,1-2H3,(H,21,23). The number of amides is 1. The molecule has 0 aliphatic heterocycles. The molecule has 1 atom stereocenters. The largest absolute Gasteiger partial charge is 0.491 e. The summed E-state index contributed by atoms with van der Waals surface area (Å²) >= 11 is 0. The van der Waals surface area contributed by atoms with Crippen LogP contribution in [0.1, 0.15) is 22.0 Å². The Hall–Kier alpha value is -2.37. The third-order valence-corrected chi connectivity index (χ3v) is 3.64. The molecule has 128 valence electrons. The van der Waals surface area contributed by atoms with Gasteiger partial charge in [0.25, 0.3) is 5.91 Å². The van der Waals surface area contributed by atoms with E-state index in [1.807, 2.05) is 67.5 Å². The zero-order chi connectivity index (χ0) is 17.4. The van der Waals surface area contributed by atoms with Crippen molar-refractivity contribution in [2.75, 3.05) is 33.8 Å². The number of nitrogens with one attached hydrogen (secondary N) is 1. The monoisotopic (exact) mass is 327 g/mol. The number of nitrogens with two attached hydrogens (primary N) is 1. The molecule has 0 saturated carbocycles. The summed E-state index contributed by atoms with van der Waals surface area (Å²) in [7, 11) is 3.96. The first-order valence-electron chi connectivity index (χ1n) is 8.03. The highest BCUT2D eigenvalue weighted by Gasteiger charge is 2.13. The maximum absolute atomic E-state index is 12.4. The third-order valence-electron chi connectivity index (χ3n) is 3.64. The van der Waals surface area contributed by atoms with E-state index in [0.717, 1.165) is 12.1 Å². The van der Waals surface area contributed by atoms with Crippen LogP contribution in [0.25, 0.3) is 0 Å². The van der Waals surface area contributed by atoms with Crippen molar-refractivity contribution in [2.45, 2.75) is 6.04 Å². The minimum absolute atomic E-state index is 0.179. The van der Waals surface area contributed by atoms with Crippen LogP contribution >= 0.6 is 0 Å². The molecule has 2 rings (SSSR count). The van der Waals surface area contributed by atoms with E-state index >= 15 is 0 Å². The Balaban J connectivity index is 1.94. The quantitative estimate of drug-likeness (QED) is 0.779. The van der Waals surface area contributed by atoms with Crippen LogP contribution < -0.4 is 15.8 Å². The first-order valence-corrected chi connectivity index (χ1v) is 8.03. The number of ether oxygens (including phenoxy) is 1. The van der Waals surface area contributed by atoms with Crippen LogP contribution in [-0.4, -0.2) is 44.6 Å². The molecule has 1 unspecified atom stereocenters. The number of rotatable bonds is 8. The molecule has 5 nitrogen and oxygen atoms in total. The minimum Gasteiger partial charge on any atom is -0.491 e. The molecule has 0 heterocycles. The van der Waals surface area contributed by atoms with Gasteiger partial charge in [0.1, 0.15) is 12.4 Å². The van der Waals surface area contributed by atoms with Gasteiger partial charge < -0.3 is 20.7 Å². The van der Waals surface area contributed by atoms with Gasteiger partial charge in [-0.15, -0.1) is 0 Å². The summed E-state index contributed by atoms with van der Waals surface area (Å²) in [4.78, 5) is 14.5. The van der Waals surface area contributed by atoms with Crippen molar-refractivity contribution in [3.8, 4) is 5.75 Å². The van der Waals surface area contributed by atoms with Gasteiger partial charge in [-0.1, -0.05) is 42.5 Å². The average Bonchev–Trinajstić information content (AvgIpc) is 2.60. The molecule has 0 aliphatic rings. The lowest BCUT2D eigenvalue weighted by Crippen LogP contribution is -2.32. The second kappa shape index (κ2) is 9.05. The fourth-order valence-electron chi connectivity index (χ4n) is 2.23. The van der Waals surface area contributed by atoms with E-state index in [1.165, 1.54) is 0 Å². The van der Waals surface area contributed by atoms with Crippen LogP contribution in [0.2, 0.25) is 0 Å². The predicted molar refractivity (Wildman–Crippen MR) is 96.2 cm³/mol. The third kappa shape index (κ3) is 5.37. The van der Waals surface area contributed by atoms with E-state index in [9.17, 15) is 4.79 Å². The van der Waals surface area contributed by atoms with Gasteiger partial charge in [-0.25, -0.2) is 0 Å². The summed E-state index contributed by atoms with van der Waals surface area (Å²) < 4.78 is 5.73. The molecule has 0 radical (unpaired) electrons. The maximum Gasteiger partial charge on any atom is 0.255 e. The van der Waals surface area contributed by atoms with Crippen molar-refractivity contribution in [1.82, 2.24) is 10.2 Å². The Kier molecular flexibility index (Phi) is 6.78. The minimum atomic E-state index is -0.239. The van der Waals surface area contributed by atoms with E-state index in [2.05, 4.69) is 5.32 Å². The molecule has 24 heavy (non-hydrogen) atoms. The molecule has 3 N–H and O–H groups in total. The molecule has 0 bridgehead atoms. The molecule has 0 aromatic heterocycles. The van der Waals surface area contributed by atoms with Gasteiger partial charge in [-0.2, -0.15) is 0 Å². The highest BCUT2D eigenvalue weighted by atomic mass is 16.5. The maximum atomic E-state index is 12.4. The zero-order valence-electron chi connectivity index (χ0n) is 14.2. The van der Waals surface area contributed by atoms with Gasteiger partial charge >= 0.3 is 0 Å². The summed E-state index contributed by atoms with van der Waals surface area (Å²) in [5, 5.41) is 2.88. The number of carbonyl (C=O) groups excluding carboxylic acids is 1. The first kappa shape index (κ1) is 18.0. The highest BCUT2D eigenvalue weighted by Crippen LogP contribution is 2.18. The van der Waals surface area contributed by atoms with Gasteiger partial charge in [-0.3, -0.25) is 4.79 Å². The molecule has 5 heteroatoms. The molecule has 1 amide bonds. The smallest absolute Gasteiger partial charge is 0.255 e. The Morgan fingerprint density at radius 1 is 1.12 bits per heavy atom. The molecule has 0 fully saturated rings. The zero-order valence-corrected chi connectivity index (χ0v) is 14.2. The van der Waals surface area contributed by atoms with Crippen molar-refractivity contribution < 1.29 is 9.53 Å². The van der Waals surface area contributed by atoms with E-state index in [0.29, 0.717) is 24.5 Å². The van der Waals surface area contributed by atoms with E-state index in [-0.39, 0.29) is 11.9 Å². The normalized spacial score (nSPS) is 12.0. The number of para-hydroxylation sites is 1. The van der Waals surface area contributed by atoms with E-state index < -0.39 is 0 Å². The molecule has 0 saturated heterocycles. The summed E-state index contributed by atoms with van der Waals surface area (Å²) in [5.41, 5.74) is 7.64. The molecular weight excluding hydrogens is 302 g/mol. The van der Waals surface area contributed by atoms with Crippen LogP contribution in [0.3, 0.4) is 0 Å². The van der Waals surface area contributed by atoms with Crippen LogP contribution in [0.5, 0.6) is 5.75 Å². The SMILES string of the molecule is CN(C)CCOc1ccccc1C(=O)NCC(N)c1ccccc1. The topological polar surface area (TPSA) is 67.6 Å².